The van der Waals surface area contributed by atoms with Crippen LogP contribution in [0.3, 0.4) is 0 Å². The molecule has 0 aromatic rings. The lowest BCUT2D eigenvalue weighted by molar-refractivity contribution is 0.551. The molecular weight excluding hydrogens is 228 g/mol. The van der Waals surface area contributed by atoms with Crippen molar-refractivity contribution >= 4 is 11.6 Å². The molecule has 0 aromatic heterocycles. The van der Waals surface area contributed by atoms with Gasteiger partial charge in [0.05, 0.1) is 5.88 Å². The summed E-state index contributed by atoms with van der Waals surface area (Å²) in [7, 11) is 0. The summed E-state index contributed by atoms with van der Waals surface area (Å²) >= 11 is 5.47. The van der Waals surface area contributed by atoms with Gasteiger partial charge in [-0.1, -0.05) is 77.1 Å². The summed E-state index contributed by atoms with van der Waals surface area (Å²) in [6.07, 6.45) is 16.4. The minimum atomic E-state index is 0.484. The van der Waals surface area contributed by atoms with Crippen molar-refractivity contribution in [1.29, 1.82) is 0 Å². The summed E-state index contributed by atoms with van der Waals surface area (Å²) in [5, 5.41) is 0. The quantitative estimate of drug-likeness (QED) is 0.244. The number of alkyl halides is 1. The van der Waals surface area contributed by atoms with E-state index >= 15 is 0 Å². The van der Waals surface area contributed by atoms with Crippen LogP contribution in [-0.4, -0.2) is 5.88 Å². The van der Waals surface area contributed by atoms with Gasteiger partial charge in [0.2, 0.25) is 0 Å². The van der Waals surface area contributed by atoms with Gasteiger partial charge >= 0.3 is 0 Å². The SMILES string of the molecule is CCCCCCCCCCCCCC#CCCl. The lowest BCUT2D eigenvalue weighted by Gasteiger charge is -2.01. The van der Waals surface area contributed by atoms with E-state index in [1.165, 1.54) is 70.6 Å². The van der Waals surface area contributed by atoms with Crippen LogP contribution in [0.2, 0.25) is 0 Å². The number of rotatable bonds is 11. The Morgan fingerprint density at radius 2 is 1.12 bits per heavy atom. The molecule has 0 aliphatic carbocycles. The first-order valence-corrected chi connectivity index (χ1v) is 7.97. The Hall–Kier alpha value is -0.150. The Balaban J connectivity index is 2.94. The van der Waals surface area contributed by atoms with Crippen LogP contribution in [0.15, 0.2) is 0 Å². The van der Waals surface area contributed by atoms with Gasteiger partial charge < -0.3 is 0 Å². The van der Waals surface area contributed by atoms with E-state index in [-0.39, 0.29) is 0 Å². The average molecular weight is 257 g/mol. The molecule has 0 fully saturated rings. The van der Waals surface area contributed by atoms with Crippen LogP contribution in [0.5, 0.6) is 0 Å². The highest BCUT2D eigenvalue weighted by Crippen LogP contribution is 2.11. The zero-order chi connectivity index (χ0) is 12.6. The Bertz CT molecular complexity index is 187. The number of hydrogen-bond acceptors (Lipinski definition) is 0. The highest BCUT2D eigenvalue weighted by Gasteiger charge is 1.92. The molecule has 0 saturated carbocycles. The van der Waals surface area contributed by atoms with Crippen LogP contribution in [0.25, 0.3) is 0 Å². The molecule has 0 aliphatic heterocycles. The minimum Gasteiger partial charge on any atom is -0.113 e. The van der Waals surface area contributed by atoms with Gasteiger partial charge in [-0.05, 0) is 6.42 Å². The largest absolute Gasteiger partial charge is 0.113 e. The lowest BCUT2D eigenvalue weighted by atomic mass is 10.1. The second-order valence-electron chi connectivity index (χ2n) is 4.77. The molecule has 0 amide bonds. The third kappa shape index (κ3) is 15.9. The van der Waals surface area contributed by atoms with Crippen LogP contribution in [0.1, 0.15) is 84.0 Å². The van der Waals surface area contributed by atoms with Crippen molar-refractivity contribution in [1.82, 2.24) is 0 Å². The van der Waals surface area contributed by atoms with E-state index in [1.54, 1.807) is 0 Å². The van der Waals surface area contributed by atoms with E-state index < -0.39 is 0 Å². The molecule has 0 spiro atoms. The number of halogens is 1. The van der Waals surface area contributed by atoms with Crippen LogP contribution < -0.4 is 0 Å². The molecule has 0 bridgehead atoms. The fourth-order valence-electron chi connectivity index (χ4n) is 2.01. The maximum atomic E-state index is 5.47. The van der Waals surface area contributed by atoms with Crippen molar-refractivity contribution in [2.24, 2.45) is 0 Å². The molecule has 0 N–H and O–H groups in total. The first-order valence-electron chi connectivity index (χ1n) is 7.43. The van der Waals surface area contributed by atoms with Crippen molar-refractivity contribution in [2.75, 3.05) is 5.88 Å². The van der Waals surface area contributed by atoms with Crippen LogP contribution in [0.4, 0.5) is 0 Å². The van der Waals surface area contributed by atoms with Crippen molar-refractivity contribution in [3.8, 4) is 11.8 Å². The Morgan fingerprint density at radius 1 is 0.647 bits per heavy atom. The fourth-order valence-corrected chi connectivity index (χ4v) is 2.11. The highest BCUT2D eigenvalue weighted by atomic mass is 35.5. The van der Waals surface area contributed by atoms with Gasteiger partial charge in [-0.25, -0.2) is 0 Å². The molecule has 0 saturated heterocycles. The maximum absolute atomic E-state index is 5.47. The summed E-state index contributed by atoms with van der Waals surface area (Å²) in [5.74, 6) is 6.47. The van der Waals surface area contributed by atoms with Crippen LogP contribution in [0, 0.1) is 11.8 Å². The van der Waals surface area contributed by atoms with E-state index in [9.17, 15) is 0 Å². The van der Waals surface area contributed by atoms with Gasteiger partial charge in [-0.2, -0.15) is 0 Å². The van der Waals surface area contributed by atoms with Gasteiger partial charge in [0.15, 0.2) is 0 Å². The minimum absolute atomic E-state index is 0.484. The van der Waals surface area contributed by atoms with Crippen LogP contribution in [-0.2, 0) is 0 Å². The van der Waals surface area contributed by atoms with E-state index in [0.29, 0.717) is 5.88 Å². The maximum Gasteiger partial charge on any atom is 0.0835 e. The van der Waals surface area contributed by atoms with Gasteiger partial charge in [0.1, 0.15) is 0 Å². The Kier molecular flexibility index (Phi) is 15.7. The van der Waals surface area contributed by atoms with Crippen LogP contribution >= 0.6 is 11.6 Å². The van der Waals surface area contributed by atoms with Crippen molar-refractivity contribution in [3.05, 3.63) is 0 Å². The molecule has 100 valence electrons. The monoisotopic (exact) mass is 256 g/mol. The highest BCUT2D eigenvalue weighted by molar-refractivity contribution is 6.19. The predicted molar refractivity (Wildman–Crippen MR) is 79.6 cm³/mol. The zero-order valence-electron chi connectivity index (χ0n) is 11.6. The third-order valence-electron chi connectivity index (χ3n) is 3.10. The smallest absolute Gasteiger partial charge is 0.0835 e. The Morgan fingerprint density at radius 3 is 1.59 bits per heavy atom. The van der Waals surface area contributed by atoms with E-state index in [4.69, 9.17) is 11.6 Å². The second-order valence-corrected chi connectivity index (χ2v) is 5.04. The van der Waals surface area contributed by atoms with Gasteiger partial charge in [-0.3, -0.25) is 0 Å². The van der Waals surface area contributed by atoms with Crippen molar-refractivity contribution in [3.63, 3.8) is 0 Å². The average Bonchev–Trinajstić information content (AvgIpc) is 2.35. The van der Waals surface area contributed by atoms with E-state index in [1.807, 2.05) is 0 Å². The van der Waals surface area contributed by atoms with Crippen molar-refractivity contribution in [2.45, 2.75) is 84.0 Å². The van der Waals surface area contributed by atoms with Gasteiger partial charge in [0, 0.05) is 6.42 Å². The van der Waals surface area contributed by atoms with E-state index in [0.717, 1.165) is 6.42 Å². The molecule has 17 heavy (non-hydrogen) atoms. The summed E-state index contributed by atoms with van der Waals surface area (Å²) in [5.41, 5.74) is 0. The Labute approximate surface area is 114 Å². The standard InChI is InChI=1S/C16H29Cl/c1-2-3-4-5-6-7-8-9-10-11-12-13-14-15-16-17/h2-13,16H2,1H3. The molecule has 0 heterocycles. The summed E-state index contributed by atoms with van der Waals surface area (Å²) in [6, 6.07) is 0. The summed E-state index contributed by atoms with van der Waals surface area (Å²) < 4.78 is 0. The molecular formula is C16H29Cl. The fraction of sp³-hybridized carbons (Fsp3) is 0.875. The lowest BCUT2D eigenvalue weighted by Crippen LogP contribution is -1.82. The topological polar surface area (TPSA) is 0 Å². The number of unbranched alkanes of at least 4 members (excludes halogenated alkanes) is 11. The zero-order valence-corrected chi connectivity index (χ0v) is 12.3. The van der Waals surface area contributed by atoms with E-state index in [2.05, 4.69) is 18.8 Å². The molecule has 0 nitrogen and oxygen atoms in total. The molecule has 1 heteroatoms. The summed E-state index contributed by atoms with van der Waals surface area (Å²) in [6.45, 7) is 2.28. The first kappa shape index (κ1) is 16.9. The second kappa shape index (κ2) is 15.9. The molecule has 0 aromatic carbocycles. The molecule has 0 unspecified atom stereocenters. The molecule has 0 radical (unpaired) electrons. The van der Waals surface area contributed by atoms with Crippen molar-refractivity contribution < 1.29 is 0 Å². The van der Waals surface area contributed by atoms with Gasteiger partial charge in [0.25, 0.3) is 0 Å². The first-order chi connectivity index (χ1) is 8.41. The normalized spacial score (nSPS) is 10.0. The molecule has 0 rings (SSSR count). The molecule has 0 aliphatic rings. The third-order valence-corrected chi connectivity index (χ3v) is 3.23. The van der Waals surface area contributed by atoms with Gasteiger partial charge in [-0.15, -0.1) is 17.5 Å². The molecule has 0 atom stereocenters. The predicted octanol–water partition coefficient (Wildman–Crippen LogP) is 5.93. The number of hydrogen-bond donors (Lipinski definition) is 0. The summed E-state index contributed by atoms with van der Waals surface area (Å²) in [4.78, 5) is 0.